The number of rotatable bonds is 6. The summed E-state index contributed by atoms with van der Waals surface area (Å²) in [6.45, 7) is 8.95. The van der Waals surface area contributed by atoms with Crippen LogP contribution in [-0.2, 0) is 6.54 Å². The Labute approximate surface area is 130 Å². The highest BCUT2D eigenvalue weighted by Gasteiger charge is 2.22. The molecule has 0 bridgehead atoms. The lowest BCUT2D eigenvalue weighted by atomic mass is 10.1. The molecule has 1 unspecified atom stereocenters. The first-order valence-corrected chi connectivity index (χ1v) is 7.90. The SMILES string of the molecule is C=CCn1ncc(N2CCCC(NCCC)C2)c(Cl)c1=O. The summed E-state index contributed by atoms with van der Waals surface area (Å²) in [6.07, 6.45) is 6.70. The van der Waals surface area contributed by atoms with Gasteiger partial charge in [-0.3, -0.25) is 4.79 Å². The van der Waals surface area contributed by atoms with Gasteiger partial charge in [0.25, 0.3) is 5.56 Å². The van der Waals surface area contributed by atoms with E-state index >= 15 is 0 Å². The molecule has 0 spiro atoms. The molecule has 1 N–H and O–H groups in total. The van der Waals surface area contributed by atoms with Crippen molar-refractivity contribution in [2.45, 2.75) is 38.8 Å². The van der Waals surface area contributed by atoms with E-state index in [1.807, 2.05) is 0 Å². The molecule has 6 heteroatoms. The Morgan fingerprint density at radius 1 is 1.62 bits per heavy atom. The van der Waals surface area contributed by atoms with E-state index in [0.717, 1.165) is 44.6 Å². The van der Waals surface area contributed by atoms with Gasteiger partial charge in [-0.15, -0.1) is 6.58 Å². The largest absolute Gasteiger partial charge is 0.367 e. The Hall–Kier alpha value is -1.33. The van der Waals surface area contributed by atoms with Crippen LogP contribution in [0, 0.1) is 0 Å². The molecule has 0 radical (unpaired) electrons. The van der Waals surface area contributed by atoms with Crippen LogP contribution in [0.1, 0.15) is 26.2 Å². The highest BCUT2D eigenvalue weighted by Crippen LogP contribution is 2.24. The van der Waals surface area contributed by atoms with Gasteiger partial charge in [-0.25, -0.2) is 4.68 Å². The number of anilines is 1. The molecule has 1 aliphatic rings. The molecule has 5 nitrogen and oxygen atoms in total. The van der Waals surface area contributed by atoms with Crippen LogP contribution in [-0.4, -0.2) is 35.5 Å². The fraction of sp³-hybridized carbons (Fsp3) is 0.600. The standard InChI is InChI=1S/C15H23ClN4O/c1-3-7-17-12-6-5-9-19(11-12)13-10-18-20(8-4-2)15(21)14(13)16/h4,10,12,17H,2-3,5-9,11H2,1H3. The summed E-state index contributed by atoms with van der Waals surface area (Å²) < 4.78 is 1.33. The number of aromatic nitrogens is 2. The van der Waals surface area contributed by atoms with Gasteiger partial charge < -0.3 is 10.2 Å². The molecule has 1 saturated heterocycles. The second-order valence-electron chi connectivity index (χ2n) is 5.36. The number of hydrogen-bond acceptors (Lipinski definition) is 4. The zero-order valence-corrected chi connectivity index (χ0v) is 13.3. The molecule has 21 heavy (non-hydrogen) atoms. The van der Waals surface area contributed by atoms with Gasteiger partial charge in [0.2, 0.25) is 0 Å². The third kappa shape index (κ3) is 3.86. The van der Waals surface area contributed by atoms with Crippen LogP contribution < -0.4 is 15.8 Å². The Morgan fingerprint density at radius 2 is 2.43 bits per heavy atom. The molecule has 1 fully saturated rings. The molecule has 1 atom stereocenters. The summed E-state index contributed by atoms with van der Waals surface area (Å²) in [6, 6.07) is 0.449. The van der Waals surface area contributed by atoms with E-state index in [0.29, 0.717) is 12.6 Å². The summed E-state index contributed by atoms with van der Waals surface area (Å²) in [5.74, 6) is 0. The van der Waals surface area contributed by atoms with Gasteiger partial charge in [0.15, 0.2) is 0 Å². The van der Waals surface area contributed by atoms with Crippen LogP contribution in [0.15, 0.2) is 23.6 Å². The van der Waals surface area contributed by atoms with E-state index < -0.39 is 0 Å². The third-order valence-electron chi connectivity index (χ3n) is 3.71. The van der Waals surface area contributed by atoms with Crippen LogP contribution in [0.25, 0.3) is 0 Å². The monoisotopic (exact) mass is 310 g/mol. The topological polar surface area (TPSA) is 50.2 Å². The van der Waals surface area contributed by atoms with Crippen LogP contribution in [0.2, 0.25) is 5.02 Å². The molecule has 2 rings (SSSR count). The minimum Gasteiger partial charge on any atom is -0.367 e. The van der Waals surface area contributed by atoms with Gasteiger partial charge in [0.05, 0.1) is 18.4 Å². The van der Waals surface area contributed by atoms with Crippen molar-refractivity contribution in [2.75, 3.05) is 24.5 Å². The number of hydrogen-bond donors (Lipinski definition) is 1. The maximum absolute atomic E-state index is 12.2. The number of nitrogens with zero attached hydrogens (tertiary/aromatic N) is 3. The first-order chi connectivity index (χ1) is 10.2. The predicted molar refractivity (Wildman–Crippen MR) is 87.2 cm³/mol. The first-order valence-electron chi connectivity index (χ1n) is 7.52. The van der Waals surface area contributed by atoms with Gasteiger partial charge >= 0.3 is 0 Å². The molecule has 2 heterocycles. The van der Waals surface area contributed by atoms with E-state index in [-0.39, 0.29) is 10.6 Å². The van der Waals surface area contributed by atoms with Crippen LogP contribution in [0.4, 0.5) is 5.69 Å². The van der Waals surface area contributed by atoms with E-state index in [9.17, 15) is 4.79 Å². The van der Waals surface area contributed by atoms with Crippen molar-refractivity contribution in [2.24, 2.45) is 0 Å². The van der Waals surface area contributed by atoms with Crippen LogP contribution >= 0.6 is 11.6 Å². The summed E-state index contributed by atoms with van der Waals surface area (Å²) >= 11 is 6.25. The van der Waals surface area contributed by atoms with Crippen molar-refractivity contribution in [3.63, 3.8) is 0 Å². The van der Waals surface area contributed by atoms with E-state index in [2.05, 4.69) is 28.8 Å². The molecular formula is C15H23ClN4O. The average molecular weight is 311 g/mol. The molecule has 1 aliphatic heterocycles. The lowest BCUT2D eigenvalue weighted by Gasteiger charge is -2.35. The Bertz CT molecular complexity index is 543. The molecule has 0 aromatic carbocycles. The quantitative estimate of drug-likeness (QED) is 0.817. The second kappa shape index (κ2) is 7.61. The Morgan fingerprint density at radius 3 is 3.14 bits per heavy atom. The first kappa shape index (κ1) is 16.0. The molecule has 0 aliphatic carbocycles. The van der Waals surface area contributed by atoms with Crippen molar-refractivity contribution in [1.82, 2.24) is 15.1 Å². The molecule has 0 amide bonds. The summed E-state index contributed by atoms with van der Waals surface area (Å²) in [5.41, 5.74) is 0.489. The fourth-order valence-electron chi connectivity index (χ4n) is 2.64. The Balaban J connectivity index is 2.15. The Kier molecular flexibility index (Phi) is 5.82. The van der Waals surface area contributed by atoms with E-state index in [4.69, 9.17) is 11.6 Å². The van der Waals surface area contributed by atoms with Crippen LogP contribution in [0.5, 0.6) is 0 Å². The van der Waals surface area contributed by atoms with E-state index in [1.54, 1.807) is 12.3 Å². The van der Waals surface area contributed by atoms with Crippen molar-refractivity contribution >= 4 is 17.3 Å². The van der Waals surface area contributed by atoms with Crippen molar-refractivity contribution in [1.29, 1.82) is 0 Å². The van der Waals surface area contributed by atoms with Gasteiger partial charge in [-0.05, 0) is 25.8 Å². The maximum atomic E-state index is 12.2. The van der Waals surface area contributed by atoms with Gasteiger partial charge in [0.1, 0.15) is 5.02 Å². The predicted octanol–water partition coefficient (Wildman–Crippen LogP) is 2.05. The second-order valence-corrected chi connectivity index (χ2v) is 5.74. The average Bonchev–Trinajstić information content (AvgIpc) is 2.50. The summed E-state index contributed by atoms with van der Waals surface area (Å²) in [7, 11) is 0. The van der Waals surface area contributed by atoms with Crippen molar-refractivity contribution in [3.8, 4) is 0 Å². The van der Waals surface area contributed by atoms with E-state index in [1.165, 1.54) is 4.68 Å². The molecule has 116 valence electrons. The number of piperidine rings is 1. The van der Waals surface area contributed by atoms with Crippen LogP contribution in [0.3, 0.4) is 0 Å². The van der Waals surface area contributed by atoms with Crippen molar-refractivity contribution < 1.29 is 0 Å². The van der Waals surface area contributed by atoms with Gasteiger partial charge in [-0.2, -0.15) is 5.10 Å². The lowest BCUT2D eigenvalue weighted by molar-refractivity contribution is 0.422. The minimum atomic E-state index is -0.252. The number of allylic oxidation sites excluding steroid dienone is 1. The normalized spacial score (nSPS) is 18.8. The highest BCUT2D eigenvalue weighted by atomic mass is 35.5. The highest BCUT2D eigenvalue weighted by molar-refractivity contribution is 6.33. The molecule has 0 saturated carbocycles. The molecule has 1 aromatic heterocycles. The third-order valence-corrected chi connectivity index (χ3v) is 4.07. The lowest BCUT2D eigenvalue weighted by Crippen LogP contribution is -2.46. The number of halogens is 1. The molecular weight excluding hydrogens is 288 g/mol. The summed E-state index contributed by atoms with van der Waals surface area (Å²) in [5, 5.41) is 7.97. The van der Waals surface area contributed by atoms with Gasteiger partial charge in [0, 0.05) is 19.1 Å². The number of nitrogens with one attached hydrogen (secondary N) is 1. The maximum Gasteiger partial charge on any atom is 0.287 e. The fourth-order valence-corrected chi connectivity index (χ4v) is 2.91. The minimum absolute atomic E-state index is 0.252. The van der Waals surface area contributed by atoms with Gasteiger partial charge in [-0.1, -0.05) is 24.6 Å². The zero-order valence-electron chi connectivity index (χ0n) is 12.5. The zero-order chi connectivity index (χ0) is 15.2. The van der Waals surface area contributed by atoms with Crippen molar-refractivity contribution in [3.05, 3.63) is 34.2 Å². The molecule has 1 aromatic rings. The smallest absolute Gasteiger partial charge is 0.287 e. The summed E-state index contributed by atoms with van der Waals surface area (Å²) in [4.78, 5) is 14.3.